The number of halogens is 4. The van der Waals surface area contributed by atoms with Gasteiger partial charge < -0.3 is 10.1 Å². The van der Waals surface area contributed by atoms with E-state index in [0.717, 1.165) is 12.1 Å². The molecule has 0 unspecified atom stereocenters. The zero-order chi connectivity index (χ0) is 18.6. The normalized spacial score (nSPS) is 12.4. The van der Waals surface area contributed by atoms with Crippen LogP contribution in [-0.2, 0) is 15.7 Å². The minimum Gasteiger partial charge on any atom is -0.449 e. The third-order valence-corrected chi connectivity index (χ3v) is 3.57. The monoisotopic (exact) mass is 371 g/mol. The molecule has 0 saturated carbocycles. The van der Waals surface area contributed by atoms with E-state index in [1.807, 2.05) is 0 Å². The zero-order valence-corrected chi connectivity index (χ0v) is 13.7. The van der Waals surface area contributed by atoms with Gasteiger partial charge in [-0.2, -0.15) is 13.2 Å². The molecule has 1 amide bonds. The average molecular weight is 372 g/mol. The molecule has 0 bridgehead atoms. The maximum Gasteiger partial charge on any atom is 0.418 e. The smallest absolute Gasteiger partial charge is 0.418 e. The van der Waals surface area contributed by atoms with Crippen LogP contribution in [0.25, 0.3) is 0 Å². The molecule has 0 saturated heterocycles. The van der Waals surface area contributed by atoms with Crippen molar-refractivity contribution in [2.45, 2.75) is 19.2 Å². The number of rotatable bonds is 4. The third kappa shape index (κ3) is 4.73. The van der Waals surface area contributed by atoms with E-state index < -0.39 is 35.4 Å². The molecule has 8 heteroatoms. The van der Waals surface area contributed by atoms with Crippen molar-refractivity contribution in [2.75, 3.05) is 5.32 Å². The Bertz CT molecular complexity index is 793. The van der Waals surface area contributed by atoms with Crippen molar-refractivity contribution in [3.05, 3.63) is 64.7 Å². The zero-order valence-electron chi connectivity index (χ0n) is 12.9. The summed E-state index contributed by atoms with van der Waals surface area (Å²) in [4.78, 5) is 24.0. The molecular formula is C17H13ClF3NO3. The fraction of sp³-hybridized carbons (Fsp3) is 0.176. The van der Waals surface area contributed by atoms with Crippen molar-refractivity contribution in [2.24, 2.45) is 0 Å². The highest BCUT2D eigenvalue weighted by Crippen LogP contribution is 2.34. The van der Waals surface area contributed by atoms with Gasteiger partial charge in [0.1, 0.15) is 0 Å². The summed E-state index contributed by atoms with van der Waals surface area (Å²) in [5.41, 5.74) is -1.35. The number of carbonyl (C=O) groups is 2. The van der Waals surface area contributed by atoms with Crippen LogP contribution in [0.15, 0.2) is 48.5 Å². The molecule has 2 rings (SSSR count). The number of carbonyl (C=O) groups excluding carboxylic acids is 2. The van der Waals surface area contributed by atoms with Crippen molar-refractivity contribution in [1.29, 1.82) is 0 Å². The van der Waals surface area contributed by atoms with Gasteiger partial charge in [-0.15, -0.1) is 0 Å². The number of hydrogen-bond acceptors (Lipinski definition) is 3. The third-order valence-electron chi connectivity index (χ3n) is 3.24. The highest BCUT2D eigenvalue weighted by Gasteiger charge is 2.34. The quantitative estimate of drug-likeness (QED) is 0.803. The fourth-order valence-corrected chi connectivity index (χ4v) is 2.19. The molecule has 1 atom stereocenters. The predicted octanol–water partition coefficient (Wildman–Crippen LogP) is 4.54. The van der Waals surface area contributed by atoms with Gasteiger partial charge in [0.15, 0.2) is 6.10 Å². The number of hydrogen-bond donors (Lipinski definition) is 1. The lowest BCUT2D eigenvalue weighted by Crippen LogP contribution is -2.30. The van der Waals surface area contributed by atoms with Gasteiger partial charge in [0.2, 0.25) is 0 Å². The maximum atomic E-state index is 12.9. The Labute approximate surface area is 146 Å². The first-order valence-electron chi connectivity index (χ1n) is 7.12. The standard InChI is InChI=1S/C17H13ClF3NO3/c1-10(25-16(24)11-6-2-4-8-13(11)18)15(23)22-14-9-5-3-7-12(14)17(19,20)21/h2-10H,1H3,(H,22,23)/t10-/m1/s1. The molecule has 132 valence electrons. The molecule has 4 nitrogen and oxygen atoms in total. The molecule has 0 radical (unpaired) electrons. The van der Waals surface area contributed by atoms with Crippen molar-refractivity contribution in [3.63, 3.8) is 0 Å². The van der Waals surface area contributed by atoms with E-state index in [1.54, 1.807) is 12.1 Å². The first-order chi connectivity index (χ1) is 11.7. The largest absolute Gasteiger partial charge is 0.449 e. The number of nitrogens with one attached hydrogen (secondary N) is 1. The summed E-state index contributed by atoms with van der Waals surface area (Å²) >= 11 is 5.86. The first-order valence-corrected chi connectivity index (χ1v) is 7.50. The number of anilines is 1. The van der Waals surface area contributed by atoms with Crippen molar-refractivity contribution >= 4 is 29.2 Å². The van der Waals surface area contributed by atoms with Crippen LogP contribution in [0.1, 0.15) is 22.8 Å². The predicted molar refractivity (Wildman–Crippen MR) is 86.4 cm³/mol. The molecule has 2 aromatic carbocycles. The number of benzene rings is 2. The van der Waals surface area contributed by atoms with Crippen molar-refractivity contribution in [1.82, 2.24) is 0 Å². The number of amides is 1. The van der Waals surface area contributed by atoms with Crippen LogP contribution in [0.2, 0.25) is 5.02 Å². The van der Waals surface area contributed by atoms with Crippen LogP contribution < -0.4 is 5.32 Å². The Morgan fingerprint density at radius 3 is 2.32 bits per heavy atom. The summed E-state index contributed by atoms with van der Waals surface area (Å²) < 4.78 is 43.7. The van der Waals surface area contributed by atoms with Gasteiger partial charge in [0, 0.05) is 0 Å². The van der Waals surface area contributed by atoms with E-state index in [4.69, 9.17) is 16.3 Å². The summed E-state index contributed by atoms with van der Waals surface area (Å²) in [7, 11) is 0. The topological polar surface area (TPSA) is 55.4 Å². The van der Waals surface area contributed by atoms with Gasteiger partial charge in [-0.3, -0.25) is 4.79 Å². The van der Waals surface area contributed by atoms with Gasteiger partial charge in [-0.05, 0) is 31.2 Å². The van der Waals surface area contributed by atoms with E-state index in [0.29, 0.717) is 0 Å². The van der Waals surface area contributed by atoms with Gasteiger partial charge in [-0.25, -0.2) is 4.79 Å². The van der Waals surface area contributed by atoms with Crippen LogP contribution in [0, 0.1) is 0 Å². The molecule has 25 heavy (non-hydrogen) atoms. The lowest BCUT2D eigenvalue weighted by molar-refractivity contribution is -0.137. The van der Waals surface area contributed by atoms with E-state index in [2.05, 4.69) is 5.32 Å². The number of para-hydroxylation sites is 1. The molecule has 0 spiro atoms. The lowest BCUT2D eigenvalue weighted by Gasteiger charge is -2.17. The lowest BCUT2D eigenvalue weighted by atomic mass is 10.1. The summed E-state index contributed by atoms with van der Waals surface area (Å²) in [5, 5.41) is 2.26. The van der Waals surface area contributed by atoms with Crippen molar-refractivity contribution < 1.29 is 27.5 Å². The molecular weight excluding hydrogens is 359 g/mol. The van der Waals surface area contributed by atoms with Gasteiger partial charge in [-0.1, -0.05) is 35.9 Å². The first kappa shape index (κ1) is 18.8. The molecule has 0 aliphatic rings. The molecule has 1 N–H and O–H groups in total. The van der Waals surface area contributed by atoms with Gasteiger partial charge in [0.25, 0.3) is 5.91 Å². The van der Waals surface area contributed by atoms with Crippen molar-refractivity contribution in [3.8, 4) is 0 Å². The Morgan fingerprint density at radius 1 is 1.08 bits per heavy atom. The minimum atomic E-state index is -4.62. The van der Waals surface area contributed by atoms with Crippen LogP contribution in [-0.4, -0.2) is 18.0 Å². The van der Waals surface area contributed by atoms with Crippen LogP contribution in [0.4, 0.5) is 18.9 Å². The molecule has 0 aliphatic carbocycles. The number of ether oxygens (including phenoxy) is 1. The Morgan fingerprint density at radius 2 is 1.68 bits per heavy atom. The number of esters is 1. The molecule has 0 heterocycles. The van der Waals surface area contributed by atoms with Crippen LogP contribution >= 0.6 is 11.6 Å². The summed E-state index contributed by atoms with van der Waals surface area (Å²) in [6, 6.07) is 10.6. The molecule has 0 aromatic heterocycles. The van der Waals surface area contributed by atoms with Gasteiger partial charge >= 0.3 is 12.1 Å². The number of alkyl halides is 3. The summed E-state index contributed by atoms with van der Waals surface area (Å²) in [6.45, 7) is 1.25. The average Bonchev–Trinajstić information content (AvgIpc) is 2.54. The minimum absolute atomic E-state index is 0.0551. The Kier molecular flexibility index (Phi) is 5.69. The molecule has 0 fully saturated rings. The highest BCUT2D eigenvalue weighted by molar-refractivity contribution is 6.33. The maximum absolute atomic E-state index is 12.9. The molecule has 0 aliphatic heterocycles. The fourth-order valence-electron chi connectivity index (χ4n) is 1.98. The van der Waals surface area contributed by atoms with Crippen LogP contribution in [0.5, 0.6) is 0 Å². The molecule has 2 aromatic rings. The van der Waals surface area contributed by atoms with Gasteiger partial charge in [0.05, 0.1) is 21.8 Å². The second kappa shape index (κ2) is 7.57. The highest BCUT2D eigenvalue weighted by atomic mass is 35.5. The second-order valence-corrected chi connectivity index (χ2v) is 5.47. The van der Waals surface area contributed by atoms with E-state index in [9.17, 15) is 22.8 Å². The second-order valence-electron chi connectivity index (χ2n) is 5.06. The SMILES string of the molecule is C[C@@H](OC(=O)c1ccccc1Cl)C(=O)Nc1ccccc1C(F)(F)F. The van der Waals surface area contributed by atoms with Crippen LogP contribution in [0.3, 0.4) is 0 Å². The van der Waals surface area contributed by atoms with E-state index in [1.165, 1.54) is 31.2 Å². The summed E-state index contributed by atoms with van der Waals surface area (Å²) in [6.07, 6.45) is -5.94. The van der Waals surface area contributed by atoms with E-state index in [-0.39, 0.29) is 10.6 Å². The Balaban J connectivity index is 2.09. The van der Waals surface area contributed by atoms with E-state index >= 15 is 0 Å². The Hall–Kier alpha value is -2.54. The summed E-state index contributed by atoms with van der Waals surface area (Å²) in [5.74, 6) is -1.74.